The Morgan fingerprint density at radius 1 is 1.45 bits per heavy atom. The first-order valence-corrected chi connectivity index (χ1v) is 7.52. The van der Waals surface area contributed by atoms with Gasteiger partial charge in [0.1, 0.15) is 5.65 Å². The van der Waals surface area contributed by atoms with Crippen LogP contribution in [-0.4, -0.2) is 28.3 Å². The van der Waals surface area contributed by atoms with Crippen LogP contribution in [0.15, 0.2) is 24.5 Å². The zero-order valence-corrected chi connectivity index (χ0v) is 12.3. The molecule has 0 aromatic carbocycles. The fourth-order valence-corrected chi connectivity index (χ4v) is 2.44. The Balaban J connectivity index is 1.75. The van der Waals surface area contributed by atoms with E-state index in [0.717, 1.165) is 31.4 Å². The van der Waals surface area contributed by atoms with Crippen molar-refractivity contribution in [3.63, 3.8) is 0 Å². The van der Waals surface area contributed by atoms with Crippen molar-refractivity contribution in [3.05, 3.63) is 30.1 Å². The van der Waals surface area contributed by atoms with Gasteiger partial charge in [0, 0.05) is 36.9 Å². The van der Waals surface area contributed by atoms with Crippen LogP contribution in [-0.2, 0) is 17.8 Å². The SMILES string of the molecule is CC(C)OCCn1cc(CNC2CC2)c2cccnc21. The Hall–Kier alpha value is -1.39. The maximum absolute atomic E-state index is 5.65. The number of hydrogen-bond donors (Lipinski definition) is 1. The minimum atomic E-state index is 0.279. The highest BCUT2D eigenvalue weighted by atomic mass is 16.5. The van der Waals surface area contributed by atoms with E-state index in [1.54, 1.807) is 0 Å². The summed E-state index contributed by atoms with van der Waals surface area (Å²) < 4.78 is 7.86. The molecule has 2 aromatic heterocycles. The van der Waals surface area contributed by atoms with Gasteiger partial charge in [0.05, 0.1) is 12.7 Å². The van der Waals surface area contributed by atoms with Gasteiger partial charge in [-0.2, -0.15) is 0 Å². The number of nitrogens with zero attached hydrogens (tertiary/aromatic N) is 2. The molecule has 0 spiro atoms. The first-order chi connectivity index (χ1) is 9.74. The molecule has 108 valence electrons. The van der Waals surface area contributed by atoms with E-state index in [9.17, 15) is 0 Å². The number of nitrogens with one attached hydrogen (secondary N) is 1. The second-order valence-corrected chi connectivity index (χ2v) is 5.80. The van der Waals surface area contributed by atoms with Crippen molar-refractivity contribution < 1.29 is 4.74 Å². The first kappa shape index (κ1) is 13.6. The molecule has 1 aliphatic carbocycles. The number of hydrogen-bond acceptors (Lipinski definition) is 3. The minimum Gasteiger partial charge on any atom is -0.377 e. The Morgan fingerprint density at radius 3 is 3.05 bits per heavy atom. The molecule has 4 heteroatoms. The number of aromatic nitrogens is 2. The van der Waals surface area contributed by atoms with E-state index in [2.05, 4.69) is 41.0 Å². The van der Waals surface area contributed by atoms with Gasteiger partial charge in [-0.15, -0.1) is 0 Å². The lowest BCUT2D eigenvalue weighted by molar-refractivity contribution is 0.0732. The van der Waals surface area contributed by atoms with Crippen molar-refractivity contribution in [2.75, 3.05) is 6.61 Å². The predicted molar refractivity (Wildman–Crippen MR) is 80.7 cm³/mol. The van der Waals surface area contributed by atoms with E-state index in [4.69, 9.17) is 4.74 Å². The molecule has 1 N–H and O–H groups in total. The van der Waals surface area contributed by atoms with Gasteiger partial charge in [-0.25, -0.2) is 4.98 Å². The molecule has 0 radical (unpaired) electrons. The summed E-state index contributed by atoms with van der Waals surface area (Å²) in [4.78, 5) is 4.52. The molecule has 0 unspecified atom stereocenters. The van der Waals surface area contributed by atoms with Crippen LogP contribution in [0.3, 0.4) is 0 Å². The summed E-state index contributed by atoms with van der Waals surface area (Å²) in [5, 5.41) is 4.84. The quantitative estimate of drug-likeness (QED) is 0.843. The lowest BCUT2D eigenvalue weighted by atomic mass is 10.2. The zero-order chi connectivity index (χ0) is 13.9. The van der Waals surface area contributed by atoms with E-state index >= 15 is 0 Å². The molecule has 2 heterocycles. The average Bonchev–Trinajstić information content (AvgIpc) is 3.20. The normalized spacial score (nSPS) is 15.3. The van der Waals surface area contributed by atoms with Crippen LogP contribution in [0.2, 0.25) is 0 Å². The Labute approximate surface area is 120 Å². The zero-order valence-electron chi connectivity index (χ0n) is 12.3. The van der Waals surface area contributed by atoms with Crippen LogP contribution in [0.5, 0.6) is 0 Å². The molecule has 0 amide bonds. The fourth-order valence-electron chi connectivity index (χ4n) is 2.44. The molecule has 3 rings (SSSR count). The molecule has 0 bridgehead atoms. The molecule has 2 aromatic rings. The van der Waals surface area contributed by atoms with Gasteiger partial charge in [0.25, 0.3) is 0 Å². The molecule has 20 heavy (non-hydrogen) atoms. The minimum absolute atomic E-state index is 0.279. The molecular weight excluding hydrogens is 250 g/mol. The molecule has 1 aliphatic rings. The molecule has 0 atom stereocenters. The third-order valence-corrected chi connectivity index (χ3v) is 3.66. The first-order valence-electron chi connectivity index (χ1n) is 7.52. The highest BCUT2D eigenvalue weighted by Crippen LogP contribution is 2.23. The Kier molecular flexibility index (Phi) is 4.03. The molecule has 0 aliphatic heterocycles. The number of pyridine rings is 1. The van der Waals surface area contributed by atoms with Gasteiger partial charge in [0.15, 0.2) is 0 Å². The van der Waals surface area contributed by atoms with Crippen LogP contribution < -0.4 is 5.32 Å². The summed E-state index contributed by atoms with van der Waals surface area (Å²) in [6.07, 6.45) is 7.00. The summed E-state index contributed by atoms with van der Waals surface area (Å²) in [5.41, 5.74) is 2.40. The maximum atomic E-state index is 5.65. The van der Waals surface area contributed by atoms with Crippen LogP contribution in [0.1, 0.15) is 32.3 Å². The van der Waals surface area contributed by atoms with E-state index in [0.29, 0.717) is 0 Å². The monoisotopic (exact) mass is 273 g/mol. The summed E-state index contributed by atoms with van der Waals surface area (Å²) >= 11 is 0. The second kappa shape index (κ2) is 5.94. The third kappa shape index (κ3) is 3.19. The number of ether oxygens (including phenoxy) is 1. The topological polar surface area (TPSA) is 39.1 Å². The van der Waals surface area contributed by atoms with Crippen LogP contribution in [0.25, 0.3) is 11.0 Å². The largest absolute Gasteiger partial charge is 0.377 e. The number of rotatable bonds is 7. The summed E-state index contributed by atoms with van der Waals surface area (Å²) in [6, 6.07) is 4.90. The van der Waals surface area contributed by atoms with Crippen molar-refractivity contribution in [1.29, 1.82) is 0 Å². The molecular formula is C16H23N3O. The molecule has 1 saturated carbocycles. The molecule has 0 saturated heterocycles. The highest BCUT2D eigenvalue weighted by Gasteiger charge is 2.21. The van der Waals surface area contributed by atoms with Crippen LogP contribution in [0.4, 0.5) is 0 Å². The number of fused-ring (bicyclic) bond motifs is 1. The van der Waals surface area contributed by atoms with Crippen LogP contribution in [0, 0.1) is 0 Å². The van der Waals surface area contributed by atoms with Gasteiger partial charge in [-0.1, -0.05) is 0 Å². The van der Waals surface area contributed by atoms with E-state index in [-0.39, 0.29) is 6.10 Å². The van der Waals surface area contributed by atoms with Gasteiger partial charge >= 0.3 is 0 Å². The standard InChI is InChI=1S/C16H23N3O/c1-12(2)20-9-8-19-11-13(10-18-14-5-6-14)15-4-3-7-17-16(15)19/h3-4,7,11-12,14,18H,5-6,8-10H2,1-2H3. The van der Waals surface area contributed by atoms with Gasteiger partial charge in [-0.3, -0.25) is 0 Å². The lowest BCUT2D eigenvalue weighted by Gasteiger charge is -2.08. The Morgan fingerprint density at radius 2 is 2.30 bits per heavy atom. The Bertz CT molecular complexity index is 572. The summed E-state index contributed by atoms with van der Waals surface area (Å²) in [7, 11) is 0. The summed E-state index contributed by atoms with van der Waals surface area (Å²) in [6.45, 7) is 6.65. The van der Waals surface area contributed by atoms with Crippen molar-refractivity contribution in [1.82, 2.24) is 14.9 Å². The van der Waals surface area contributed by atoms with Crippen molar-refractivity contribution >= 4 is 11.0 Å². The predicted octanol–water partition coefficient (Wildman–Crippen LogP) is 2.71. The van der Waals surface area contributed by atoms with Gasteiger partial charge in [-0.05, 0) is 44.4 Å². The van der Waals surface area contributed by atoms with E-state index in [1.165, 1.54) is 23.8 Å². The van der Waals surface area contributed by atoms with E-state index < -0.39 is 0 Å². The molecule has 4 nitrogen and oxygen atoms in total. The highest BCUT2D eigenvalue weighted by molar-refractivity contribution is 5.80. The van der Waals surface area contributed by atoms with Gasteiger partial charge < -0.3 is 14.6 Å². The van der Waals surface area contributed by atoms with Crippen molar-refractivity contribution in [3.8, 4) is 0 Å². The van der Waals surface area contributed by atoms with Crippen LogP contribution >= 0.6 is 0 Å². The van der Waals surface area contributed by atoms with E-state index in [1.807, 2.05) is 12.3 Å². The smallest absolute Gasteiger partial charge is 0.140 e. The maximum Gasteiger partial charge on any atom is 0.140 e. The second-order valence-electron chi connectivity index (χ2n) is 5.80. The van der Waals surface area contributed by atoms with Gasteiger partial charge in [0.2, 0.25) is 0 Å². The lowest BCUT2D eigenvalue weighted by Crippen LogP contribution is -2.15. The van der Waals surface area contributed by atoms with Crippen molar-refractivity contribution in [2.45, 2.75) is 51.9 Å². The summed E-state index contributed by atoms with van der Waals surface area (Å²) in [5.74, 6) is 0. The molecule has 1 fully saturated rings. The third-order valence-electron chi connectivity index (χ3n) is 3.66. The van der Waals surface area contributed by atoms with Crippen molar-refractivity contribution in [2.24, 2.45) is 0 Å². The fraction of sp³-hybridized carbons (Fsp3) is 0.562. The average molecular weight is 273 g/mol.